The maximum atomic E-state index is 12.8. The molecular formula is C17H24N2O4. The Hall–Kier alpha value is -1.82. The number of furan rings is 1. The highest BCUT2D eigenvalue weighted by Crippen LogP contribution is 2.41. The second kappa shape index (κ2) is 6.74. The fourth-order valence-electron chi connectivity index (χ4n) is 3.74. The van der Waals surface area contributed by atoms with Crippen molar-refractivity contribution in [2.24, 2.45) is 5.41 Å². The fraction of sp³-hybridized carbons (Fsp3) is 0.647. The van der Waals surface area contributed by atoms with Crippen molar-refractivity contribution in [3.63, 3.8) is 0 Å². The lowest BCUT2D eigenvalue weighted by Gasteiger charge is -2.26. The van der Waals surface area contributed by atoms with E-state index in [1.54, 1.807) is 13.2 Å². The van der Waals surface area contributed by atoms with E-state index in [1.165, 1.54) is 12.5 Å². The van der Waals surface area contributed by atoms with Gasteiger partial charge in [-0.3, -0.25) is 9.59 Å². The van der Waals surface area contributed by atoms with Gasteiger partial charge in [-0.05, 0) is 31.7 Å². The number of likely N-dealkylation sites (tertiary alicyclic amines) is 2. The molecule has 3 heterocycles. The van der Waals surface area contributed by atoms with Crippen LogP contribution in [-0.4, -0.2) is 61.5 Å². The number of methoxy groups -OCH3 is 1. The minimum atomic E-state index is -0.279. The van der Waals surface area contributed by atoms with Gasteiger partial charge in [0.25, 0.3) is 5.91 Å². The molecule has 0 aromatic carbocycles. The molecule has 0 N–H and O–H groups in total. The summed E-state index contributed by atoms with van der Waals surface area (Å²) < 4.78 is 10.1. The molecule has 2 fully saturated rings. The van der Waals surface area contributed by atoms with Gasteiger partial charge in [0.15, 0.2) is 0 Å². The minimum absolute atomic E-state index is 0.00233. The number of carbonyl (C=O) groups excluding carboxylic acids is 2. The Balaban J connectivity index is 1.64. The molecule has 1 spiro atoms. The zero-order valence-corrected chi connectivity index (χ0v) is 13.6. The van der Waals surface area contributed by atoms with Crippen LogP contribution < -0.4 is 0 Å². The first-order chi connectivity index (χ1) is 11.2. The highest BCUT2D eigenvalue weighted by molar-refractivity contribution is 5.94. The summed E-state index contributed by atoms with van der Waals surface area (Å²) in [5.41, 5.74) is 0.305. The smallest absolute Gasteiger partial charge is 0.257 e. The zero-order valence-electron chi connectivity index (χ0n) is 13.6. The average molecular weight is 320 g/mol. The summed E-state index contributed by atoms with van der Waals surface area (Å²) >= 11 is 0. The Labute approximate surface area is 136 Å². The molecule has 0 saturated carbocycles. The quantitative estimate of drug-likeness (QED) is 0.848. The Bertz CT molecular complexity index is 557. The van der Waals surface area contributed by atoms with Gasteiger partial charge in [0.05, 0.1) is 23.8 Å². The molecule has 2 saturated heterocycles. The number of hydrogen-bond donors (Lipinski definition) is 0. The van der Waals surface area contributed by atoms with Gasteiger partial charge >= 0.3 is 0 Å². The lowest BCUT2D eigenvalue weighted by Crippen LogP contribution is -2.37. The molecule has 6 nitrogen and oxygen atoms in total. The number of rotatable bonds is 4. The van der Waals surface area contributed by atoms with E-state index < -0.39 is 0 Å². The van der Waals surface area contributed by atoms with Crippen molar-refractivity contribution >= 4 is 11.8 Å². The Kier molecular flexibility index (Phi) is 4.71. The third-order valence-corrected chi connectivity index (χ3v) is 5.17. The van der Waals surface area contributed by atoms with Crippen molar-refractivity contribution < 1.29 is 18.7 Å². The molecule has 2 aliphatic heterocycles. The standard InChI is InChI=1S/C17H24N2O4/c1-22-12-10-19-9-6-17(16(19)21)4-2-7-18(8-5-17)15(20)14-3-11-23-13-14/h3,11,13H,2,4-10,12H2,1H3/t17-/m0/s1. The number of amides is 2. The van der Waals surface area contributed by atoms with E-state index in [4.69, 9.17) is 9.15 Å². The highest BCUT2D eigenvalue weighted by atomic mass is 16.5. The topological polar surface area (TPSA) is 63.0 Å². The zero-order chi connectivity index (χ0) is 16.3. The van der Waals surface area contributed by atoms with Crippen LogP contribution in [0.15, 0.2) is 23.0 Å². The molecule has 23 heavy (non-hydrogen) atoms. The lowest BCUT2D eigenvalue weighted by molar-refractivity contribution is -0.137. The van der Waals surface area contributed by atoms with Crippen LogP contribution in [0.1, 0.15) is 36.0 Å². The molecule has 2 amide bonds. The number of nitrogens with zero attached hydrogens (tertiary/aromatic N) is 2. The summed E-state index contributed by atoms with van der Waals surface area (Å²) in [6.07, 6.45) is 6.37. The van der Waals surface area contributed by atoms with Gasteiger partial charge < -0.3 is 19.0 Å². The summed E-state index contributed by atoms with van der Waals surface area (Å²) in [5.74, 6) is 0.240. The van der Waals surface area contributed by atoms with E-state index in [-0.39, 0.29) is 17.2 Å². The van der Waals surface area contributed by atoms with Crippen LogP contribution in [0.4, 0.5) is 0 Å². The largest absolute Gasteiger partial charge is 0.472 e. The van der Waals surface area contributed by atoms with E-state index in [9.17, 15) is 9.59 Å². The molecule has 1 aromatic heterocycles. The summed E-state index contributed by atoms with van der Waals surface area (Å²) in [6.45, 7) is 3.38. The predicted molar refractivity (Wildman–Crippen MR) is 84.0 cm³/mol. The maximum Gasteiger partial charge on any atom is 0.257 e. The van der Waals surface area contributed by atoms with E-state index in [0.29, 0.717) is 31.8 Å². The van der Waals surface area contributed by atoms with Crippen LogP contribution in [0.3, 0.4) is 0 Å². The van der Waals surface area contributed by atoms with Gasteiger partial charge in [-0.2, -0.15) is 0 Å². The van der Waals surface area contributed by atoms with E-state index in [2.05, 4.69) is 0 Å². The van der Waals surface area contributed by atoms with Gasteiger partial charge in [-0.1, -0.05) is 0 Å². The molecule has 0 bridgehead atoms. The normalized spacial score (nSPS) is 25.2. The number of ether oxygens (including phenoxy) is 1. The van der Waals surface area contributed by atoms with Crippen LogP contribution in [-0.2, 0) is 9.53 Å². The molecule has 1 atom stereocenters. The van der Waals surface area contributed by atoms with E-state index >= 15 is 0 Å². The molecule has 2 aliphatic rings. The first-order valence-electron chi connectivity index (χ1n) is 8.26. The summed E-state index contributed by atoms with van der Waals surface area (Å²) in [6, 6.07) is 1.69. The average Bonchev–Trinajstić information content (AvgIpc) is 3.12. The second-order valence-corrected chi connectivity index (χ2v) is 6.47. The van der Waals surface area contributed by atoms with Crippen molar-refractivity contribution in [1.82, 2.24) is 9.80 Å². The van der Waals surface area contributed by atoms with Gasteiger partial charge in [0, 0.05) is 33.3 Å². The minimum Gasteiger partial charge on any atom is -0.472 e. The third kappa shape index (κ3) is 3.13. The van der Waals surface area contributed by atoms with Gasteiger partial charge in [-0.15, -0.1) is 0 Å². The molecule has 3 rings (SSSR count). The molecular weight excluding hydrogens is 296 g/mol. The van der Waals surface area contributed by atoms with E-state index in [0.717, 1.165) is 32.2 Å². The fourth-order valence-corrected chi connectivity index (χ4v) is 3.74. The van der Waals surface area contributed by atoms with Crippen molar-refractivity contribution in [1.29, 1.82) is 0 Å². The first-order valence-corrected chi connectivity index (χ1v) is 8.26. The van der Waals surface area contributed by atoms with E-state index in [1.807, 2.05) is 9.80 Å². The second-order valence-electron chi connectivity index (χ2n) is 6.47. The van der Waals surface area contributed by atoms with Gasteiger partial charge in [0.1, 0.15) is 6.26 Å². The van der Waals surface area contributed by atoms with Crippen molar-refractivity contribution in [3.05, 3.63) is 24.2 Å². The van der Waals surface area contributed by atoms with Crippen LogP contribution >= 0.6 is 0 Å². The molecule has 1 aromatic rings. The Morgan fingerprint density at radius 1 is 1.30 bits per heavy atom. The van der Waals surface area contributed by atoms with Crippen molar-refractivity contribution in [2.45, 2.75) is 25.7 Å². The predicted octanol–water partition coefficient (Wildman–Crippen LogP) is 1.77. The van der Waals surface area contributed by atoms with Gasteiger partial charge in [-0.25, -0.2) is 0 Å². The Morgan fingerprint density at radius 3 is 2.87 bits per heavy atom. The summed E-state index contributed by atoms with van der Waals surface area (Å²) in [7, 11) is 1.65. The van der Waals surface area contributed by atoms with Crippen LogP contribution in [0.25, 0.3) is 0 Å². The Morgan fingerprint density at radius 2 is 2.13 bits per heavy atom. The first kappa shape index (κ1) is 16.1. The monoisotopic (exact) mass is 320 g/mol. The molecule has 6 heteroatoms. The summed E-state index contributed by atoms with van der Waals surface area (Å²) in [4.78, 5) is 29.0. The van der Waals surface area contributed by atoms with Gasteiger partial charge in [0.2, 0.25) is 5.91 Å². The van der Waals surface area contributed by atoms with Crippen molar-refractivity contribution in [2.75, 3.05) is 39.9 Å². The third-order valence-electron chi connectivity index (χ3n) is 5.17. The molecule has 0 radical (unpaired) electrons. The van der Waals surface area contributed by atoms with Crippen LogP contribution in [0, 0.1) is 5.41 Å². The molecule has 0 unspecified atom stereocenters. The molecule has 126 valence electrons. The van der Waals surface area contributed by atoms with Crippen molar-refractivity contribution in [3.8, 4) is 0 Å². The maximum absolute atomic E-state index is 12.8. The summed E-state index contributed by atoms with van der Waals surface area (Å²) in [5, 5.41) is 0. The number of hydrogen-bond acceptors (Lipinski definition) is 4. The lowest BCUT2D eigenvalue weighted by atomic mass is 9.79. The number of carbonyl (C=O) groups is 2. The SMILES string of the molecule is COCCN1CC[C@@]2(CCCN(C(=O)c3ccoc3)CC2)C1=O. The molecule has 0 aliphatic carbocycles. The van der Waals surface area contributed by atoms with Crippen LogP contribution in [0.5, 0.6) is 0 Å². The highest BCUT2D eigenvalue weighted by Gasteiger charge is 2.47. The van der Waals surface area contributed by atoms with Crippen LogP contribution in [0.2, 0.25) is 0 Å².